The molecule has 1 aromatic rings. The molecule has 1 aromatic carbocycles. The van der Waals surface area contributed by atoms with Crippen LogP contribution in [-0.4, -0.2) is 49.8 Å². The quantitative estimate of drug-likeness (QED) is 0.846. The van der Waals surface area contributed by atoms with Gasteiger partial charge in [0, 0.05) is 39.0 Å². The van der Waals surface area contributed by atoms with Gasteiger partial charge in [-0.05, 0) is 49.8 Å². The minimum Gasteiger partial charge on any atom is -0.385 e. The standard InChI is InChI=1S/C18H23F2NO3/c1-23-10-4-14-5-11-24-18(14)6-8-21(9-7-18)17(22)13-2-3-15(19)16(20)12-13/h2-3,12,14H,4-11H2,1H3/t14-/m1/s1. The molecule has 1 spiro atoms. The van der Waals surface area contributed by atoms with Crippen LogP contribution in [0.25, 0.3) is 0 Å². The number of methoxy groups -OCH3 is 1. The van der Waals surface area contributed by atoms with Gasteiger partial charge in [0.2, 0.25) is 0 Å². The molecule has 2 fully saturated rings. The molecule has 0 bridgehead atoms. The summed E-state index contributed by atoms with van der Waals surface area (Å²) >= 11 is 0. The van der Waals surface area contributed by atoms with Crippen molar-refractivity contribution in [1.82, 2.24) is 4.90 Å². The molecular formula is C18H23F2NO3. The van der Waals surface area contributed by atoms with Crippen molar-refractivity contribution in [1.29, 1.82) is 0 Å². The molecule has 24 heavy (non-hydrogen) atoms. The number of amides is 1. The highest BCUT2D eigenvalue weighted by atomic mass is 19.2. The SMILES string of the molecule is COCC[C@@H]1CCOC12CCN(C(=O)c1ccc(F)c(F)c1)CC2. The van der Waals surface area contributed by atoms with Crippen molar-refractivity contribution in [3.05, 3.63) is 35.4 Å². The monoisotopic (exact) mass is 339 g/mol. The van der Waals surface area contributed by atoms with Crippen LogP contribution in [0.3, 0.4) is 0 Å². The molecule has 6 heteroatoms. The number of ether oxygens (including phenoxy) is 2. The van der Waals surface area contributed by atoms with Gasteiger partial charge in [0.25, 0.3) is 5.91 Å². The van der Waals surface area contributed by atoms with E-state index in [1.54, 1.807) is 12.0 Å². The Morgan fingerprint density at radius 3 is 2.75 bits per heavy atom. The normalized spacial score (nSPS) is 23.0. The van der Waals surface area contributed by atoms with Crippen molar-refractivity contribution in [2.45, 2.75) is 31.3 Å². The van der Waals surface area contributed by atoms with Crippen LogP contribution in [0.2, 0.25) is 0 Å². The lowest BCUT2D eigenvalue weighted by Crippen LogP contribution is -2.49. The molecule has 0 aliphatic carbocycles. The summed E-state index contributed by atoms with van der Waals surface area (Å²) < 4.78 is 37.6. The van der Waals surface area contributed by atoms with Gasteiger partial charge in [0.1, 0.15) is 0 Å². The topological polar surface area (TPSA) is 38.8 Å². The van der Waals surface area contributed by atoms with Gasteiger partial charge in [-0.25, -0.2) is 8.78 Å². The minimum absolute atomic E-state index is 0.163. The summed E-state index contributed by atoms with van der Waals surface area (Å²) in [5, 5.41) is 0. The first-order chi connectivity index (χ1) is 11.6. The van der Waals surface area contributed by atoms with Crippen molar-refractivity contribution in [2.24, 2.45) is 5.92 Å². The molecule has 1 atom stereocenters. The van der Waals surface area contributed by atoms with E-state index in [1.807, 2.05) is 0 Å². The summed E-state index contributed by atoms with van der Waals surface area (Å²) in [5.74, 6) is -1.73. The fraction of sp³-hybridized carbons (Fsp3) is 0.611. The second-order valence-corrected chi connectivity index (χ2v) is 6.60. The van der Waals surface area contributed by atoms with E-state index in [9.17, 15) is 13.6 Å². The molecule has 3 rings (SSSR count). The van der Waals surface area contributed by atoms with Crippen LogP contribution >= 0.6 is 0 Å². The van der Waals surface area contributed by atoms with E-state index in [1.165, 1.54) is 6.07 Å². The van der Waals surface area contributed by atoms with Crippen LogP contribution < -0.4 is 0 Å². The molecule has 2 aliphatic rings. The number of hydrogen-bond donors (Lipinski definition) is 0. The molecule has 132 valence electrons. The predicted octanol–water partition coefficient (Wildman–Crippen LogP) is 3.01. The molecule has 0 N–H and O–H groups in total. The smallest absolute Gasteiger partial charge is 0.253 e. The van der Waals surface area contributed by atoms with Gasteiger partial charge in [-0.15, -0.1) is 0 Å². The second-order valence-electron chi connectivity index (χ2n) is 6.60. The van der Waals surface area contributed by atoms with Crippen molar-refractivity contribution in [3.8, 4) is 0 Å². The number of carbonyl (C=O) groups is 1. The number of piperidine rings is 1. The zero-order chi connectivity index (χ0) is 17.2. The average Bonchev–Trinajstić information content (AvgIpc) is 2.97. The Kier molecular flexibility index (Phi) is 5.15. The number of hydrogen-bond acceptors (Lipinski definition) is 3. The largest absolute Gasteiger partial charge is 0.385 e. The summed E-state index contributed by atoms with van der Waals surface area (Å²) in [7, 11) is 1.70. The lowest BCUT2D eigenvalue weighted by atomic mass is 9.78. The number of halogens is 2. The fourth-order valence-corrected chi connectivity index (χ4v) is 3.91. The predicted molar refractivity (Wildman–Crippen MR) is 84.8 cm³/mol. The van der Waals surface area contributed by atoms with Gasteiger partial charge >= 0.3 is 0 Å². The molecule has 0 radical (unpaired) electrons. The van der Waals surface area contributed by atoms with Gasteiger partial charge in [0.05, 0.1) is 5.60 Å². The summed E-state index contributed by atoms with van der Waals surface area (Å²) in [6.45, 7) is 2.61. The van der Waals surface area contributed by atoms with Crippen molar-refractivity contribution < 1.29 is 23.0 Å². The summed E-state index contributed by atoms with van der Waals surface area (Å²) in [5.41, 5.74) is 0.0247. The van der Waals surface area contributed by atoms with E-state index < -0.39 is 11.6 Å². The van der Waals surface area contributed by atoms with Crippen LogP contribution in [0.1, 0.15) is 36.0 Å². The number of carbonyl (C=O) groups excluding carboxylic acids is 1. The molecule has 1 amide bonds. The zero-order valence-electron chi connectivity index (χ0n) is 13.9. The Morgan fingerprint density at radius 1 is 1.33 bits per heavy atom. The van der Waals surface area contributed by atoms with Gasteiger partial charge in [-0.2, -0.15) is 0 Å². The van der Waals surface area contributed by atoms with E-state index in [0.29, 0.717) is 25.6 Å². The van der Waals surface area contributed by atoms with Crippen molar-refractivity contribution >= 4 is 5.91 Å². The van der Waals surface area contributed by atoms with Gasteiger partial charge in [-0.3, -0.25) is 4.79 Å². The summed E-state index contributed by atoms with van der Waals surface area (Å²) in [6, 6.07) is 3.29. The number of benzene rings is 1. The Morgan fingerprint density at radius 2 is 2.08 bits per heavy atom. The maximum Gasteiger partial charge on any atom is 0.253 e. The first-order valence-electron chi connectivity index (χ1n) is 8.43. The highest BCUT2D eigenvalue weighted by Gasteiger charge is 2.46. The zero-order valence-corrected chi connectivity index (χ0v) is 13.9. The van der Waals surface area contributed by atoms with Crippen molar-refractivity contribution in [3.63, 3.8) is 0 Å². The number of rotatable bonds is 4. The highest BCUT2D eigenvalue weighted by molar-refractivity contribution is 5.94. The first kappa shape index (κ1) is 17.3. The Balaban J connectivity index is 1.64. The van der Waals surface area contributed by atoms with Gasteiger partial charge < -0.3 is 14.4 Å². The first-order valence-corrected chi connectivity index (χ1v) is 8.43. The van der Waals surface area contributed by atoms with E-state index in [2.05, 4.69) is 0 Å². The fourth-order valence-electron chi connectivity index (χ4n) is 3.91. The Labute approximate surface area is 140 Å². The van der Waals surface area contributed by atoms with Crippen LogP contribution in [0.15, 0.2) is 18.2 Å². The molecule has 0 aromatic heterocycles. The molecular weight excluding hydrogens is 316 g/mol. The maximum absolute atomic E-state index is 13.3. The van der Waals surface area contributed by atoms with E-state index in [-0.39, 0.29) is 17.1 Å². The van der Waals surface area contributed by atoms with Crippen molar-refractivity contribution in [2.75, 3.05) is 33.4 Å². The van der Waals surface area contributed by atoms with Crippen LogP contribution in [0.4, 0.5) is 8.78 Å². The third-order valence-corrected chi connectivity index (χ3v) is 5.33. The number of likely N-dealkylation sites (tertiary alicyclic amines) is 1. The third kappa shape index (κ3) is 3.30. The molecule has 2 heterocycles. The molecule has 2 aliphatic heterocycles. The van der Waals surface area contributed by atoms with Crippen LogP contribution in [-0.2, 0) is 9.47 Å². The maximum atomic E-state index is 13.3. The second kappa shape index (κ2) is 7.15. The van der Waals surface area contributed by atoms with Gasteiger partial charge in [-0.1, -0.05) is 0 Å². The lowest BCUT2D eigenvalue weighted by Gasteiger charge is -2.42. The third-order valence-electron chi connectivity index (χ3n) is 5.33. The van der Waals surface area contributed by atoms with E-state index >= 15 is 0 Å². The number of nitrogens with zero attached hydrogens (tertiary/aromatic N) is 1. The van der Waals surface area contributed by atoms with Gasteiger partial charge in [0.15, 0.2) is 11.6 Å². The molecule has 0 saturated carbocycles. The van der Waals surface area contributed by atoms with Crippen LogP contribution in [0.5, 0.6) is 0 Å². The average molecular weight is 339 g/mol. The lowest BCUT2D eigenvalue weighted by molar-refractivity contribution is -0.0661. The minimum atomic E-state index is -0.993. The molecule has 4 nitrogen and oxygen atoms in total. The summed E-state index contributed by atoms with van der Waals surface area (Å²) in [6.07, 6.45) is 3.54. The Hall–Kier alpha value is -1.53. The van der Waals surface area contributed by atoms with E-state index in [0.717, 1.165) is 44.4 Å². The van der Waals surface area contributed by atoms with E-state index in [4.69, 9.17) is 9.47 Å². The van der Waals surface area contributed by atoms with Crippen LogP contribution in [0, 0.1) is 17.6 Å². The highest BCUT2D eigenvalue weighted by Crippen LogP contribution is 2.42. The molecule has 2 saturated heterocycles. The Bertz CT molecular complexity index is 600. The summed E-state index contributed by atoms with van der Waals surface area (Å²) in [4.78, 5) is 14.2. The molecule has 0 unspecified atom stereocenters.